The van der Waals surface area contributed by atoms with Crippen LogP contribution in [0.5, 0.6) is 0 Å². The molecular formula is C14H10I2. The van der Waals surface area contributed by atoms with Gasteiger partial charge in [-0.2, -0.15) is 0 Å². The van der Waals surface area contributed by atoms with E-state index in [4.69, 9.17) is 0 Å². The monoisotopic (exact) mass is 432 g/mol. The Morgan fingerprint density at radius 3 is 1.31 bits per heavy atom. The maximum atomic E-state index is 4.15. The average Bonchev–Trinajstić information content (AvgIpc) is 2.30. The predicted octanol–water partition coefficient (Wildman–Crippen LogP) is 4.96. The number of hydrogen-bond donors (Lipinski definition) is 0. The Morgan fingerprint density at radius 1 is 0.688 bits per heavy atom. The van der Waals surface area contributed by atoms with Crippen molar-refractivity contribution >= 4 is 50.8 Å². The number of halogens is 2. The highest BCUT2D eigenvalue weighted by atomic mass is 127. The standard InChI is InChI=1S/C14H10I2/c1-10(11-2-6-13(15)7-3-11)12-4-8-14(16)9-5-12/h2-9H,1H2. The maximum Gasteiger partial charge on any atom is 0.0130 e. The highest BCUT2D eigenvalue weighted by Gasteiger charge is 2.01. The zero-order valence-electron chi connectivity index (χ0n) is 8.58. The van der Waals surface area contributed by atoms with E-state index in [1.807, 2.05) is 0 Å². The average molecular weight is 432 g/mol. The van der Waals surface area contributed by atoms with Gasteiger partial charge in [-0.25, -0.2) is 0 Å². The van der Waals surface area contributed by atoms with Crippen LogP contribution in [0.2, 0.25) is 0 Å². The molecule has 0 radical (unpaired) electrons. The van der Waals surface area contributed by atoms with E-state index in [1.165, 1.54) is 18.3 Å². The van der Waals surface area contributed by atoms with Gasteiger partial charge in [0.05, 0.1) is 0 Å². The van der Waals surface area contributed by atoms with Gasteiger partial charge >= 0.3 is 0 Å². The van der Waals surface area contributed by atoms with Gasteiger partial charge in [-0.05, 0) is 86.1 Å². The first kappa shape index (κ1) is 12.1. The summed E-state index contributed by atoms with van der Waals surface area (Å²) in [4.78, 5) is 0. The predicted molar refractivity (Wildman–Crippen MR) is 86.5 cm³/mol. The lowest BCUT2D eigenvalue weighted by Gasteiger charge is -2.06. The van der Waals surface area contributed by atoms with Crippen molar-refractivity contribution in [1.82, 2.24) is 0 Å². The minimum absolute atomic E-state index is 1.08. The molecule has 0 unspecified atom stereocenters. The molecule has 0 amide bonds. The van der Waals surface area contributed by atoms with E-state index in [0.29, 0.717) is 0 Å². The highest BCUT2D eigenvalue weighted by molar-refractivity contribution is 14.1. The SMILES string of the molecule is C=C(c1ccc(I)cc1)c1ccc(I)cc1. The molecule has 2 rings (SSSR count). The molecule has 16 heavy (non-hydrogen) atoms. The minimum Gasteiger partial charge on any atom is -0.0906 e. The topological polar surface area (TPSA) is 0 Å². The molecule has 2 aromatic carbocycles. The van der Waals surface area contributed by atoms with Crippen LogP contribution in [0, 0.1) is 7.14 Å². The van der Waals surface area contributed by atoms with E-state index in [2.05, 4.69) is 100 Å². The number of rotatable bonds is 2. The van der Waals surface area contributed by atoms with Gasteiger partial charge in [0.15, 0.2) is 0 Å². The smallest absolute Gasteiger partial charge is 0.0130 e. The second-order valence-electron chi connectivity index (χ2n) is 3.49. The van der Waals surface area contributed by atoms with E-state index in [-0.39, 0.29) is 0 Å². The van der Waals surface area contributed by atoms with Crippen LogP contribution in [0.25, 0.3) is 5.57 Å². The molecule has 0 aromatic heterocycles. The summed E-state index contributed by atoms with van der Waals surface area (Å²) in [5.74, 6) is 0. The van der Waals surface area contributed by atoms with Crippen molar-refractivity contribution < 1.29 is 0 Å². The summed E-state index contributed by atoms with van der Waals surface area (Å²) in [6.45, 7) is 4.15. The molecule has 0 heterocycles. The van der Waals surface area contributed by atoms with E-state index >= 15 is 0 Å². The molecular weight excluding hydrogens is 422 g/mol. The van der Waals surface area contributed by atoms with Crippen LogP contribution in [0.15, 0.2) is 55.1 Å². The number of benzene rings is 2. The Balaban J connectivity index is 2.32. The number of hydrogen-bond acceptors (Lipinski definition) is 0. The summed E-state index contributed by atoms with van der Waals surface area (Å²) >= 11 is 4.62. The molecule has 0 N–H and O–H groups in total. The van der Waals surface area contributed by atoms with Crippen molar-refractivity contribution in [3.8, 4) is 0 Å². The third kappa shape index (κ3) is 2.85. The van der Waals surface area contributed by atoms with Gasteiger partial charge in [-0.1, -0.05) is 30.8 Å². The van der Waals surface area contributed by atoms with Crippen molar-refractivity contribution in [2.24, 2.45) is 0 Å². The second-order valence-corrected chi connectivity index (χ2v) is 5.98. The van der Waals surface area contributed by atoms with Gasteiger partial charge < -0.3 is 0 Å². The second kappa shape index (κ2) is 5.31. The van der Waals surface area contributed by atoms with Crippen molar-refractivity contribution in [1.29, 1.82) is 0 Å². The fraction of sp³-hybridized carbons (Fsp3) is 0. The summed E-state index contributed by atoms with van der Waals surface area (Å²) < 4.78 is 2.49. The molecule has 0 saturated heterocycles. The molecule has 0 aliphatic carbocycles. The normalized spacial score (nSPS) is 10.1. The Hall–Kier alpha value is -0.360. The first-order valence-corrected chi connectivity index (χ1v) is 7.03. The quantitative estimate of drug-likeness (QED) is 0.589. The van der Waals surface area contributed by atoms with E-state index in [1.54, 1.807) is 0 Å². The van der Waals surface area contributed by atoms with Gasteiger partial charge in [0.2, 0.25) is 0 Å². The largest absolute Gasteiger partial charge is 0.0906 e. The maximum absolute atomic E-state index is 4.15. The Bertz CT molecular complexity index is 448. The summed E-state index contributed by atoms with van der Waals surface area (Å²) in [5, 5.41) is 0. The molecule has 2 aromatic rings. The molecule has 0 spiro atoms. The Kier molecular flexibility index (Phi) is 4.02. The van der Waals surface area contributed by atoms with E-state index in [9.17, 15) is 0 Å². The van der Waals surface area contributed by atoms with Crippen LogP contribution in [0.1, 0.15) is 11.1 Å². The summed E-state index contributed by atoms with van der Waals surface area (Å²) in [6, 6.07) is 16.9. The lowest BCUT2D eigenvalue weighted by atomic mass is 10.00. The first-order valence-electron chi connectivity index (χ1n) is 4.87. The molecule has 0 atom stereocenters. The molecule has 0 nitrogen and oxygen atoms in total. The van der Waals surface area contributed by atoms with E-state index < -0.39 is 0 Å². The summed E-state index contributed by atoms with van der Waals surface area (Å²) in [6.07, 6.45) is 0. The fourth-order valence-corrected chi connectivity index (χ4v) is 2.19. The summed E-state index contributed by atoms with van der Waals surface area (Å²) in [5.41, 5.74) is 3.44. The molecule has 80 valence electrons. The fourth-order valence-electron chi connectivity index (χ4n) is 1.47. The lowest BCUT2D eigenvalue weighted by Crippen LogP contribution is -1.86. The van der Waals surface area contributed by atoms with Gasteiger partial charge in [0.1, 0.15) is 0 Å². The van der Waals surface area contributed by atoms with Crippen molar-refractivity contribution in [3.05, 3.63) is 73.4 Å². The molecule has 0 aliphatic heterocycles. The van der Waals surface area contributed by atoms with Crippen LogP contribution in [0.3, 0.4) is 0 Å². The van der Waals surface area contributed by atoms with Crippen LogP contribution >= 0.6 is 45.2 Å². The highest BCUT2D eigenvalue weighted by Crippen LogP contribution is 2.22. The van der Waals surface area contributed by atoms with Crippen LogP contribution in [-0.4, -0.2) is 0 Å². The minimum atomic E-state index is 1.08. The van der Waals surface area contributed by atoms with Crippen molar-refractivity contribution in [2.45, 2.75) is 0 Å². The van der Waals surface area contributed by atoms with Gasteiger partial charge in [-0.15, -0.1) is 0 Å². The van der Waals surface area contributed by atoms with Crippen LogP contribution in [-0.2, 0) is 0 Å². The lowest BCUT2D eigenvalue weighted by molar-refractivity contribution is 1.52. The zero-order valence-corrected chi connectivity index (χ0v) is 12.9. The Labute approximate surface area is 123 Å². The molecule has 0 saturated carbocycles. The van der Waals surface area contributed by atoms with Crippen LogP contribution < -0.4 is 0 Å². The first-order chi connectivity index (χ1) is 7.66. The third-order valence-electron chi connectivity index (χ3n) is 2.39. The molecule has 0 bridgehead atoms. The van der Waals surface area contributed by atoms with Crippen LogP contribution in [0.4, 0.5) is 0 Å². The summed E-state index contributed by atoms with van der Waals surface area (Å²) in [7, 11) is 0. The molecule has 0 aliphatic rings. The molecule has 2 heteroatoms. The van der Waals surface area contributed by atoms with Gasteiger partial charge in [0.25, 0.3) is 0 Å². The van der Waals surface area contributed by atoms with Gasteiger partial charge in [-0.3, -0.25) is 0 Å². The third-order valence-corrected chi connectivity index (χ3v) is 3.82. The Morgan fingerprint density at radius 2 is 1.00 bits per heavy atom. The van der Waals surface area contributed by atoms with Gasteiger partial charge in [0, 0.05) is 7.14 Å². The molecule has 0 fully saturated rings. The zero-order chi connectivity index (χ0) is 11.5. The van der Waals surface area contributed by atoms with Crippen molar-refractivity contribution in [2.75, 3.05) is 0 Å². The van der Waals surface area contributed by atoms with Crippen molar-refractivity contribution in [3.63, 3.8) is 0 Å². The van der Waals surface area contributed by atoms with E-state index in [0.717, 1.165) is 5.57 Å².